The maximum Gasteiger partial charge on any atom is 0.233 e. The SMILES string of the molecule is CC(CCl)C(=O)Nc1nc(Cl)c2[nH]cnc2n1. The number of alkyl halides is 1. The highest BCUT2D eigenvalue weighted by Crippen LogP contribution is 2.18. The summed E-state index contributed by atoms with van der Waals surface area (Å²) in [5.41, 5.74) is 0.939. The number of aromatic nitrogens is 4. The van der Waals surface area contributed by atoms with Crippen molar-refractivity contribution in [2.24, 2.45) is 5.92 Å². The quantitative estimate of drug-likeness (QED) is 0.660. The van der Waals surface area contributed by atoms with E-state index in [1.54, 1.807) is 6.92 Å². The molecule has 90 valence electrons. The highest BCUT2D eigenvalue weighted by Gasteiger charge is 2.14. The summed E-state index contributed by atoms with van der Waals surface area (Å²) in [6.07, 6.45) is 1.46. The molecule has 0 radical (unpaired) electrons. The molecule has 0 saturated carbocycles. The van der Waals surface area contributed by atoms with Gasteiger partial charge in [0.05, 0.1) is 6.33 Å². The number of carbonyl (C=O) groups is 1. The Kier molecular flexibility index (Phi) is 3.44. The molecule has 0 fully saturated rings. The number of anilines is 1. The normalized spacial score (nSPS) is 12.6. The first-order valence-corrected chi connectivity index (χ1v) is 5.76. The summed E-state index contributed by atoms with van der Waals surface area (Å²) in [6.45, 7) is 1.71. The van der Waals surface area contributed by atoms with Gasteiger partial charge in [0.1, 0.15) is 5.52 Å². The minimum Gasteiger partial charge on any atom is -0.341 e. The number of nitrogens with one attached hydrogen (secondary N) is 2. The van der Waals surface area contributed by atoms with Gasteiger partial charge in [0, 0.05) is 11.8 Å². The van der Waals surface area contributed by atoms with Gasteiger partial charge in [0.2, 0.25) is 11.9 Å². The molecule has 1 atom stereocenters. The number of hydrogen-bond donors (Lipinski definition) is 2. The molecule has 0 spiro atoms. The lowest BCUT2D eigenvalue weighted by atomic mass is 10.2. The Balaban J connectivity index is 2.27. The highest BCUT2D eigenvalue weighted by molar-refractivity contribution is 6.33. The summed E-state index contributed by atoms with van der Waals surface area (Å²) in [5, 5.41) is 2.74. The Bertz CT molecular complexity index is 555. The van der Waals surface area contributed by atoms with Crippen LogP contribution in [0.15, 0.2) is 6.33 Å². The van der Waals surface area contributed by atoms with Crippen molar-refractivity contribution in [3.63, 3.8) is 0 Å². The maximum absolute atomic E-state index is 11.6. The summed E-state index contributed by atoms with van der Waals surface area (Å²) < 4.78 is 0. The third-order valence-corrected chi connectivity index (χ3v) is 2.89. The molecular formula is C9H9Cl2N5O. The van der Waals surface area contributed by atoms with E-state index >= 15 is 0 Å². The molecule has 0 saturated heterocycles. The van der Waals surface area contributed by atoms with Crippen molar-refractivity contribution in [3.8, 4) is 0 Å². The smallest absolute Gasteiger partial charge is 0.233 e. The lowest BCUT2D eigenvalue weighted by molar-refractivity contribution is -0.118. The largest absolute Gasteiger partial charge is 0.341 e. The van der Waals surface area contributed by atoms with Gasteiger partial charge < -0.3 is 4.98 Å². The average Bonchev–Trinajstić information content (AvgIpc) is 2.76. The van der Waals surface area contributed by atoms with Crippen molar-refractivity contribution in [3.05, 3.63) is 11.5 Å². The number of halogens is 2. The molecule has 8 heteroatoms. The summed E-state index contributed by atoms with van der Waals surface area (Å²) >= 11 is 11.5. The summed E-state index contributed by atoms with van der Waals surface area (Å²) in [7, 11) is 0. The van der Waals surface area contributed by atoms with Crippen LogP contribution in [-0.2, 0) is 4.79 Å². The number of carbonyl (C=O) groups excluding carboxylic acids is 1. The first-order valence-electron chi connectivity index (χ1n) is 4.85. The zero-order chi connectivity index (χ0) is 12.4. The van der Waals surface area contributed by atoms with Gasteiger partial charge in [-0.25, -0.2) is 4.98 Å². The maximum atomic E-state index is 11.6. The van der Waals surface area contributed by atoms with Crippen molar-refractivity contribution < 1.29 is 4.79 Å². The van der Waals surface area contributed by atoms with Crippen LogP contribution in [-0.4, -0.2) is 31.7 Å². The van der Waals surface area contributed by atoms with Gasteiger partial charge in [-0.05, 0) is 0 Å². The monoisotopic (exact) mass is 273 g/mol. The van der Waals surface area contributed by atoms with Crippen LogP contribution in [0.2, 0.25) is 5.15 Å². The molecule has 1 unspecified atom stereocenters. The molecular weight excluding hydrogens is 265 g/mol. The van der Waals surface area contributed by atoms with Crippen LogP contribution in [0.4, 0.5) is 5.95 Å². The van der Waals surface area contributed by atoms with Crippen LogP contribution in [0.1, 0.15) is 6.92 Å². The predicted molar refractivity (Wildman–Crippen MR) is 65.2 cm³/mol. The van der Waals surface area contributed by atoms with Gasteiger partial charge in [0.25, 0.3) is 0 Å². The van der Waals surface area contributed by atoms with Crippen LogP contribution in [0, 0.1) is 5.92 Å². The fraction of sp³-hybridized carbons (Fsp3) is 0.333. The van der Waals surface area contributed by atoms with Crippen molar-refractivity contribution in [2.45, 2.75) is 6.92 Å². The minimum atomic E-state index is -0.325. The lowest BCUT2D eigenvalue weighted by Gasteiger charge is -2.07. The number of hydrogen-bond acceptors (Lipinski definition) is 4. The molecule has 0 aliphatic carbocycles. The van der Waals surface area contributed by atoms with E-state index in [-0.39, 0.29) is 28.8 Å². The van der Waals surface area contributed by atoms with Gasteiger partial charge in [-0.15, -0.1) is 11.6 Å². The molecule has 0 aromatic carbocycles. The van der Waals surface area contributed by atoms with Crippen molar-refractivity contribution in [1.82, 2.24) is 19.9 Å². The van der Waals surface area contributed by atoms with Crippen LogP contribution in [0.3, 0.4) is 0 Å². The minimum absolute atomic E-state index is 0.122. The highest BCUT2D eigenvalue weighted by atomic mass is 35.5. The Morgan fingerprint density at radius 2 is 2.35 bits per heavy atom. The third-order valence-electron chi connectivity index (χ3n) is 2.16. The Morgan fingerprint density at radius 1 is 1.59 bits per heavy atom. The number of rotatable bonds is 3. The Hall–Kier alpha value is -1.40. The number of aromatic amines is 1. The van der Waals surface area contributed by atoms with Gasteiger partial charge >= 0.3 is 0 Å². The van der Waals surface area contributed by atoms with E-state index in [4.69, 9.17) is 23.2 Å². The molecule has 2 aromatic heterocycles. The zero-order valence-electron chi connectivity index (χ0n) is 8.87. The predicted octanol–water partition coefficient (Wildman–Crippen LogP) is 1.82. The van der Waals surface area contributed by atoms with Crippen LogP contribution >= 0.6 is 23.2 Å². The Morgan fingerprint density at radius 3 is 3.06 bits per heavy atom. The fourth-order valence-corrected chi connectivity index (χ4v) is 1.52. The molecule has 2 heterocycles. The molecule has 17 heavy (non-hydrogen) atoms. The first kappa shape index (κ1) is 12.1. The second-order valence-corrected chi connectivity index (χ2v) is 4.15. The van der Waals surface area contributed by atoms with E-state index < -0.39 is 0 Å². The number of fused-ring (bicyclic) bond motifs is 1. The average molecular weight is 274 g/mol. The zero-order valence-corrected chi connectivity index (χ0v) is 10.4. The van der Waals surface area contributed by atoms with Crippen molar-refractivity contribution >= 4 is 46.2 Å². The van der Waals surface area contributed by atoms with E-state index in [0.29, 0.717) is 11.2 Å². The van der Waals surface area contributed by atoms with Crippen molar-refractivity contribution in [2.75, 3.05) is 11.2 Å². The summed E-state index contributed by atoms with van der Waals surface area (Å²) in [4.78, 5) is 26.3. The van der Waals surface area contributed by atoms with E-state index in [2.05, 4.69) is 25.3 Å². The van der Waals surface area contributed by atoms with E-state index in [0.717, 1.165) is 0 Å². The van der Waals surface area contributed by atoms with Crippen LogP contribution in [0.5, 0.6) is 0 Å². The second kappa shape index (κ2) is 4.85. The third kappa shape index (κ3) is 2.48. The number of nitrogens with zero attached hydrogens (tertiary/aromatic N) is 3. The molecule has 0 aliphatic rings. The van der Waals surface area contributed by atoms with Gasteiger partial charge in [-0.3, -0.25) is 10.1 Å². The number of amides is 1. The van der Waals surface area contributed by atoms with E-state index in [1.165, 1.54) is 6.33 Å². The van der Waals surface area contributed by atoms with E-state index in [9.17, 15) is 4.79 Å². The molecule has 2 aromatic rings. The standard InChI is InChI=1S/C9H9Cl2N5O/c1-4(2-10)8(17)16-9-14-6(11)5-7(15-9)13-3-12-5/h3-4H,2H2,1H3,(H2,12,13,14,15,16,17). The van der Waals surface area contributed by atoms with Crippen LogP contribution in [0.25, 0.3) is 11.2 Å². The second-order valence-electron chi connectivity index (χ2n) is 3.48. The fourth-order valence-electron chi connectivity index (χ4n) is 1.16. The van der Waals surface area contributed by atoms with Crippen LogP contribution < -0.4 is 5.32 Å². The lowest BCUT2D eigenvalue weighted by Crippen LogP contribution is -2.22. The van der Waals surface area contributed by atoms with Gasteiger partial charge in [-0.2, -0.15) is 9.97 Å². The molecule has 0 aliphatic heterocycles. The molecule has 1 amide bonds. The summed E-state index contributed by atoms with van der Waals surface area (Å²) in [5.74, 6) is -0.235. The summed E-state index contributed by atoms with van der Waals surface area (Å²) in [6, 6.07) is 0. The molecule has 6 nitrogen and oxygen atoms in total. The number of H-pyrrole nitrogens is 1. The Labute approximate surface area is 107 Å². The van der Waals surface area contributed by atoms with Gasteiger partial charge in [0.15, 0.2) is 10.8 Å². The van der Waals surface area contributed by atoms with E-state index in [1.807, 2.05) is 0 Å². The first-order chi connectivity index (χ1) is 8.11. The number of imidazole rings is 1. The van der Waals surface area contributed by atoms with Gasteiger partial charge in [-0.1, -0.05) is 18.5 Å². The molecule has 2 N–H and O–H groups in total. The molecule has 0 bridgehead atoms. The van der Waals surface area contributed by atoms with Crippen molar-refractivity contribution in [1.29, 1.82) is 0 Å². The topological polar surface area (TPSA) is 83.6 Å². The molecule has 2 rings (SSSR count).